The molecule has 1 amide bonds. The highest BCUT2D eigenvalue weighted by Gasteiger charge is 2.30. The zero-order chi connectivity index (χ0) is 22.2. The van der Waals surface area contributed by atoms with Crippen LogP contribution in [0.15, 0.2) is 30.3 Å². The molecule has 1 N–H and O–H groups in total. The van der Waals surface area contributed by atoms with Gasteiger partial charge in [-0.1, -0.05) is 41.4 Å². The summed E-state index contributed by atoms with van der Waals surface area (Å²) in [4.78, 5) is 18.9. The van der Waals surface area contributed by atoms with Crippen molar-refractivity contribution in [3.8, 4) is 0 Å². The molecule has 2 aromatic carbocycles. The fourth-order valence-corrected chi connectivity index (χ4v) is 5.71. The van der Waals surface area contributed by atoms with Gasteiger partial charge in [-0.25, -0.2) is 0 Å². The lowest BCUT2D eigenvalue weighted by Gasteiger charge is -2.37. The maximum atomic E-state index is 12.3. The monoisotopic (exact) mass is 473 g/mol. The number of anilines is 2. The first-order valence-corrected chi connectivity index (χ1v) is 12.3. The number of aliphatic hydroxyl groups excluding tert-OH is 1. The molecule has 0 aromatic heterocycles. The van der Waals surface area contributed by atoms with Crippen LogP contribution in [0.5, 0.6) is 0 Å². The summed E-state index contributed by atoms with van der Waals surface area (Å²) in [7, 11) is 0. The van der Waals surface area contributed by atoms with E-state index < -0.39 is 6.10 Å². The van der Waals surface area contributed by atoms with Crippen molar-refractivity contribution in [2.75, 3.05) is 49.1 Å². The van der Waals surface area contributed by atoms with E-state index in [0.29, 0.717) is 22.9 Å². The van der Waals surface area contributed by atoms with Gasteiger partial charge in [0.15, 0.2) is 0 Å². The van der Waals surface area contributed by atoms with Gasteiger partial charge in [0.2, 0.25) is 5.91 Å². The largest absolute Gasteiger partial charge is 0.388 e. The molecule has 1 atom stereocenters. The van der Waals surface area contributed by atoms with Crippen LogP contribution in [0.25, 0.3) is 0 Å². The number of halogens is 2. The second kappa shape index (κ2) is 9.22. The van der Waals surface area contributed by atoms with Crippen LogP contribution in [-0.4, -0.2) is 55.2 Å². The van der Waals surface area contributed by atoms with Crippen LogP contribution in [0.4, 0.5) is 11.4 Å². The summed E-state index contributed by atoms with van der Waals surface area (Å²) < 4.78 is 0. The summed E-state index contributed by atoms with van der Waals surface area (Å²) in [5, 5.41) is 12.2. The van der Waals surface area contributed by atoms with E-state index in [4.69, 9.17) is 23.2 Å². The Labute approximate surface area is 199 Å². The van der Waals surface area contributed by atoms with Crippen molar-refractivity contribution in [3.05, 3.63) is 57.1 Å². The minimum Gasteiger partial charge on any atom is -0.388 e. The fourth-order valence-electron chi connectivity index (χ4n) is 5.29. The molecule has 170 valence electrons. The van der Waals surface area contributed by atoms with Crippen LogP contribution in [0.2, 0.25) is 10.0 Å². The highest BCUT2D eigenvalue weighted by atomic mass is 35.5. The summed E-state index contributed by atoms with van der Waals surface area (Å²) in [6.07, 6.45) is 3.57. The van der Waals surface area contributed by atoms with E-state index in [-0.39, 0.29) is 5.91 Å². The quantitative estimate of drug-likeness (QED) is 0.695. The normalized spacial score (nSPS) is 19.8. The van der Waals surface area contributed by atoms with Crippen molar-refractivity contribution in [3.63, 3.8) is 0 Å². The maximum absolute atomic E-state index is 12.3. The van der Waals surface area contributed by atoms with Gasteiger partial charge in [-0.2, -0.15) is 0 Å². The Morgan fingerprint density at radius 3 is 2.50 bits per heavy atom. The lowest BCUT2D eigenvalue weighted by molar-refractivity contribution is -0.119. The standard InChI is InChI=1S/C25H29Cl2N3O2/c26-20-4-1-5-21(24(20)27)29-13-11-28(12-14-29)10-8-22(31)19-15-17-3-2-9-30-23(32)7-6-18(16-19)25(17)30/h1,4-5,15-16,22,31H,2-3,6-14H2. The molecule has 5 nitrogen and oxygen atoms in total. The average molecular weight is 474 g/mol. The highest BCUT2D eigenvalue weighted by molar-refractivity contribution is 6.43. The summed E-state index contributed by atoms with van der Waals surface area (Å²) in [5.74, 6) is 0.241. The van der Waals surface area contributed by atoms with E-state index in [1.165, 1.54) is 11.1 Å². The Hall–Kier alpha value is -1.79. The van der Waals surface area contributed by atoms with Crippen LogP contribution in [0.1, 0.15) is 42.1 Å². The van der Waals surface area contributed by atoms with Crippen LogP contribution in [0, 0.1) is 0 Å². The molecule has 1 unspecified atom stereocenters. The van der Waals surface area contributed by atoms with Crippen molar-refractivity contribution >= 4 is 40.5 Å². The number of rotatable bonds is 5. The third-order valence-corrected chi connectivity index (χ3v) is 7.85. The molecule has 0 bridgehead atoms. The van der Waals surface area contributed by atoms with Crippen LogP contribution in [0.3, 0.4) is 0 Å². The second-order valence-electron chi connectivity index (χ2n) is 9.04. The van der Waals surface area contributed by atoms with Gasteiger partial charge in [0, 0.05) is 45.7 Å². The van der Waals surface area contributed by atoms with E-state index in [1.807, 2.05) is 23.1 Å². The van der Waals surface area contributed by atoms with Crippen molar-refractivity contribution in [2.45, 2.75) is 38.2 Å². The molecule has 0 aliphatic carbocycles. The number of nitrogens with zero attached hydrogens (tertiary/aromatic N) is 3. The van der Waals surface area contributed by atoms with E-state index in [1.54, 1.807) is 0 Å². The molecular formula is C25H29Cl2N3O2. The van der Waals surface area contributed by atoms with Crippen LogP contribution >= 0.6 is 23.2 Å². The first-order chi connectivity index (χ1) is 15.5. The topological polar surface area (TPSA) is 47.0 Å². The van der Waals surface area contributed by atoms with E-state index in [9.17, 15) is 9.90 Å². The van der Waals surface area contributed by atoms with Crippen molar-refractivity contribution in [2.24, 2.45) is 0 Å². The van der Waals surface area contributed by atoms with Gasteiger partial charge in [0.05, 0.1) is 27.5 Å². The molecule has 7 heteroatoms. The molecule has 0 spiro atoms. The minimum absolute atomic E-state index is 0.241. The molecule has 3 heterocycles. The SMILES string of the molecule is O=C1CCc2cc(C(O)CCN3CCN(c4cccc(Cl)c4Cl)CC3)cc3c2N1CCC3. The first-order valence-electron chi connectivity index (χ1n) is 11.6. The third-order valence-electron chi connectivity index (χ3n) is 7.04. The Balaban J connectivity index is 1.20. The summed E-state index contributed by atoms with van der Waals surface area (Å²) in [5.41, 5.74) is 5.57. The van der Waals surface area contributed by atoms with Gasteiger partial charge < -0.3 is 14.9 Å². The lowest BCUT2D eigenvalue weighted by atomic mass is 9.88. The average Bonchev–Trinajstić information content (AvgIpc) is 2.82. The lowest BCUT2D eigenvalue weighted by Crippen LogP contribution is -2.47. The second-order valence-corrected chi connectivity index (χ2v) is 9.83. The molecule has 1 fully saturated rings. The predicted octanol–water partition coefficient (Wildman–Crippen LogP) is 4.46. The highest BCUT2D eigenvalue weighted by Crippen LogP contribution is 2.38. The number of benzene rings is 2. The van der Waals surface area contributed by atoms with Gasteiger partial charge in [-0.3, -0.25) is 9.69 Å². The van der Waals surface area contributed by atoms with Gasteiger partial charge in [0.1, 0.15) is 0 Å². The minimum atomic E-state index is -0.482. The maximum Gasteiger partial charge on any atom is 0.227 e. The zero-order valence-corrected chi connectivity index (χ0v) is 19.7. The Kier molecular flexibility index (Phi) is 6.35. The number of carbonyl (C=O) groups is 1. The van der Waals surface area contributed by atoms with E-state index in [0.717, 1.165) is 75.5 Å². The smallest absolute Gasteiger partial charge is 0.227 e. The fraction of sp³-hybridized carbons (Fsp3) is 0.480. The van der Waals surface area contributed by atoms with E-state index in [2.05, 4.69) is 21.9 Å². The Morgan fingerprint density at radius 1 is 0.969 bits per heavy atom. The van der Waals surface area contributed by atoms with Crippen molar-refractivity contribution in [1.82, 2.24) is 4.90 Å². The Bertz CT molecular complexity index is 1000. The number of piperazine rings is 1. The molecule has 3 aliphatic heterocycles. The number of hydrogen-bond donors (Lipinski definition) is 1. The number of aryl methyl sites for hydroxylation is 2. The van der Waals surface area contributed by atoms with Crippen molar-refractivity contribution in [1.29, 1.82) is 0 Å². The van der Waals surface area contributed by atoms with E-state index >= 15 is 0 Å². The third kappa shape index (κ3) is 4.24. The molecule has 0 saturated carbocycles. The van der Waals surface area contributed by atoms with Gasteiger partial charge in [0.25, 0.3) is 0 Å². The van der Waals surface area contributed by atoms with Crippen LogP contribution < -0.4 is 9.80 Å². The molecule has 3 aliphatic rings. The molecule has 1 saturated heterocycles. The number of carbonyl (C=O) groups excluding carboxylic acids is 1. The predicted molar refractivity (Wildman–Crippen MR) is 130 cm³/mol. The number of hydrogen-bond acceptors (Lipinski definition) is 4. The Morgan fingerprint density at radius 2 is 1.72 bits per heavy atom. The molecule has 5 rings (SSSR count). The van der Waals surface area contributed by atoms with Crippen LogP contribution in [-0.2, 0) is 17.6 Å². The van der Waals surface area contributed by atoms with Crippen molar-refractivity contribution < 1.29 is 9.90 Å². The zero-order valence-electron chi connectivity index (χ0n) is 18.2. The molecule has 2 aromatic rings. The molecular weight excluding hydrogens is 445 g/mol. The number of aliphatic hydroxyl groups is 1. The van der Waals surface area contributed by atoms with Gasteiger partial charge >= 0.3 is 0 Å². The van der Waals surface area contributed by atoms with Gasteiger partial charge in [-0.15, -0.1) is 0 Å². The summed E-state index contributed by atoms with van der Waals surface area (Å²) >= 11 is 12.6. The molecule has 0 radical (unpaired) electrons. The van der Waals surface area contributed by atoms with Gasteiger partial charge in [-0.05, 0) is 54.5 Å². The summed E-state index contributed by atoms with van der Waals surface area (Å²) in [6, 6.07) is 10.0. The number of amides is 1. The summed E-state index contributed by atoms with van der Waals surface area (Å²) in [6.45, 7) is 5.33. The first kappa shape index (κ1) is 22.0. The molecule has 32 heavy (non-hydrogen) atoms.